The van der Waals surface area contributed by atoms with E-state index >= 15 is 0 Å². The highest BCUT2D eigenvalue weighted by Gasteiger charge is 2.17. The number of aryl methyl sites for hydroxylation is 1. The first kappa shape index (κ1) is 20.1. The van der Waals surface area contributed by atoms with E-state index < -0.39 is 0 Å². The standard InChI is InChI=1S/C23H23N7O2/c1-15-25-14-20(32-15)19-9-17-10-21(27-13-18(17)12-26-19)28-23(31)16-3-4-24-22(11-16)30-7-5-29(2)6-8-30/h3-4,9-14H,5-8H2,1-2H3,(H,27,28,31). The Morgan fingerprint density at radius 3 is 2.56 bits per heavy atom. The van der Waals surface area contributed by atoms with Crippen LogP contribution < -0.4 is 10.2 Å². The van der Waals surface area contributed by atoms with E-state index in [4.69, 9.17) is 4.42 Å². The third-order valence-corrected chi connectivity index (χ3v) is 5.55. The normalized spacial score (nSPS) is 14.6. The molecule has 0 bridgehead atoms. The highest BCUT2D eigenvalue weighted by atomic mass is 16.4. The first-order valence-electron chi connectivity index (χ1n) is 10.4. The molecule has 0 unspecified atom stereocenters. The van der Waals surface area contributed by atoms with Crippen molar-refractivity contribution in [2.45, 2.75) is 6.92 Å². The van der Waals surface area contributed by atoms with Crippen molar-refractivity contribution in [1.29, 1.82) is 0 Å². The highest BCUT2D eigenvalue weighted by Crippen LogP contribution is 2.24. The van der Waals surface area contributed by atoms with Gasteiger partial charge in [0, 0.05) is 62.6 Å². The van der Waals surface area contributed by atoms with Gasteiger partial charge >= 0.3 is 0 Å². The maximum absolute atomic E-state index is 12.9. The van der Waals surface area contributed by atoms with Crippen LogP contribution in [-0.4, -0.2) is 64.0 Å². The number of rotatable bonds is 4. The van der Waals surface area contributed by atoms with Crippen LogP contribution in [0.3, 0.4) is 0 Å². The molecule has 1 amide bonds. The fourth-order valence-electron chi connectivity index (χ4n) is 3.68. The molecule has 1 aliphatic heterocycles. The Balaban J connectivity index is 1.36. The van der Waals surface area contributed by atoms with Crippen molar-refractivity contribution in [2.75, 3.05) is 43.4 Å². The molecule has 0 saturated carbocycles. The number of anilines is 2. The maximum Gasteiger partial charge on any atom is 0.257 e. The van der Waals surface area contributed by atoms with Gasteiger partial charge in [-0.1, -0.05) is 0 Å². The number of nitrogens with one attached hydrogen (secondary N) is 1. The van der Waals surface area contributed by atoms with Crippen molar-refractivity contribution in [2.24, 2.45) is 0 Å². The van der Waals surface area contributed by atoms with Gasteiger partial charge in [0.15, 0.2) is 11.7 Å². The fraction of sp³-hybridized carbons (Fsp3) is 0.261. The number of carbonyl (C=O) groups is 1. The minimum Gasteiger partial charge on any atom is -0.439 e. The molecule has 5 heterocycles. The number of aromatic nitrogens is 4. The Morgan fingerprint density at radius 1 is 0.969 bits per heavy atom. The molecule has 32 heavy (non-hydrogen) atoms. The highest BCUT2D eigenvalue weighted by molar-refractivity contribution is 6.05. The van der Waals surface area contributed by atoms with E-state index in [-0.39, 0.29) is 5.91 Å². The van der Waals surface area contributed by atoms with Crippen LogP contribution in [0.25, 0.3) is 22.2 Å². The second kappa shape index (κ2) is 8.35. The summed E-state index contributed by atoms with van der Waals surface area (Å²) in [4.78, 5) is 34.7. The van der Waals surface area contributed by atoms with E-state index in [0.29, 0.717) is 28.7 Å². The largest absolute Gasteiger partial charge is 0.439 e. The summed E-state index contributed by atoms with van der Waals surface area (Å²) < 4.78 is 5.57. The van der Waals surface area contributed by atoms with E-state index in [2.05, 4.69) is 42.1 Å². The average molecular weight is 429 g/mol. The number of amides is 1. The van der Waals surface area contributed by atoms with Crippen LogP contribution in [0.2, 0.25) is 0 Å². The Kier molecular flexibility index (Phi) is 5.24. The van der Waals surface area contributed by atoms with Gasteiger partial charge < -0.3 is 19.5 Å². The zero-order valence-electron chi connectivity index (χ0n) is 17.9. The molecule has 0 radical (unpaired) electrons. The minimum absolute atomic E-state index is 0.227. The average Bonchev–Trinajstić information content (AvgIpc) is 3.25. The lowest BCUT2D eigenvalue weighted by atomic mass is 10.1. The number of hydrogen-bond acceptors (Lipinski definition) is 8. The van der Waals surface area contributed by atoms with Gasteiger partial charge in [-0.2, -0.15) is 0 Å². The molecule has 1 fully saturated rings. The second-order valence-electron chi connectivity index (χ2n) is 7.88. The number of likely N-dealkylation sites (N-methyl/N-ethyl adjacent to an activating group) is 1. The van der Waals surface area contributed by atoms with Crippen LogP contribution in [-0.2, 0) is 0 Å². The minimum atomic E-state index is -0.227. The third kappa shape index (κ3) is 4.15. The molecule has 0 spiro atoms. The monoisotopic (exact) mass is 429 g/mol. The topological polar surface area (TPSA) is 100 Å². The van der Waals surface area contributed by atoms with E-state index in [1.807, 2.05) is 18.2 Å². The molecule has 1 saturated heterocycles. The van der Waals surface area contributed by atoms with Crippen molar-refractivity contribution in [1.82, 2.24) is 24.8 Å². The smallest absolute Gasteiger partial charge is 0.257 e. The van der Waals surface area contributed by atoms with Gasteiger partial charge in [-0.05, 0) is 36.7 Å². The Morgan fingerprint density at radius 2 is 1.78 bits per heavy atom. The SMILES string of the molecule is Cc1ncc(-c2cc3cc(NC(=O)c4ccnc(N5CCN(C)CC5)c4)ncc3cn2)o1. The Labute approximate surface area is 185 Å². The van der Waals surface area contributed by atoms with Crippen LogP contribution >= 0.6 is 0 Å². The van der Waals surface area contributed by atoms with Gasteiger partial charge in [-0.25, -0.2) is 15.0 Å². The molecule has 162 valence electrons. The molecule has 1 N–H and O–H groups in total. The van der Waals surface area contributed by atoms with Gasteiger partial charge in [0.2, 0.25) is 0 Å². The van der Waals surface area contributed by atoms with Crippen molar-refractivity contribution >= 4 is 28.3 Å². The van der Waals surface area contributed by atoms with Gasteiger partial charge in [-0.15, -0.1) is 0 Å². The molecule has 9 nitrogen and oxygen atoms in total. The van der Waals surface area contributed by atoms with Crippen molar-refractivity contribution < 1.29 is 9.21 Å². The second-order valence-corrected chi connectivity index (χ2v) is 7.88. The van der Waals surface area contributed by atoms with Crippen LogP contribution in [0, 0.1) is 6.92 Å². The Hall–Kier alpha value is -3.85. The summed E-state index contributed by atoms with van der Waals surface area (Å²) >= 11 is 0. The van der Waals surface area contributed by atoms with Crippen LogP contribution in [0.4, 0.5) is 11.6 Å². The Bertz CT molecular complexity index is 1280. The number of piperazine rings is 1. The summed E-state index contributed by atoms with van der Waals surface area (Å²) in [6.07, 6.45) is 6.74. The van der Waals surface area contributed by atoms with Gasteiger partial charge in [0.25, 0.3) is 5.91 Å². The van der Waals surface area contributed by atoms with Crippen molar-refractivity contribution in [3.63, 3.8) is 0 Å². The first-order chi connectivity index (χ1) is 15.5. The summed E-state index contributed by atoms with van der Waals surface area (Å²) in [5, 5.41) is 4.65. The van der Waals surface area contributed by atoms with Gasteiger partial charge in [-0.3, -0.25) is 9.78 Å². The number of nitrogens with zero attached hydrogens (tertiary/aromatic N) is 6. The van der Waals surface area contributed by atoms with E-state index in [9.17, 15) is 4.79 Å². The van der Waals surface area contributed by atoms with Gasteiger partial charge in [0.05, 0.1) is 6.20 Å². The summed E-state index contributed by atoms with van der Waals surface area (Å²) in [7, 11) is 2.11. The molecule has 0 atom stereocenters. The lowest BCUT2D eigenvalue weighted by Gasteiger charge is -2.33. The number of carbonyl (C=O) groups excluding carboxylic acids is 1. The third-order valence-electron chi connectivity index (χ3n) is 5.55. The molecular formula is C23H23N7O2. The van der Waals surface area contributed by atoms with E-state index in [1.54, 1.807) is 37.8 Å². The number of pyridine rings is 3. The van der Waals surface area contributed by atoms with Crippen LogP contribution in [0.15, 0.2) is 53.5 Å². The molecule has 4 aromatic rings. The molecule has 4 aromatic heterocycles. The maximum atomic E-state index is 12.9. The van der Waals surface area contributed by atoms with Crippen molar-refractivity contribution in [3.8, 4) is 11.5 Å². The lowest BCUT2D eigenvalue weighted by molar-refractivity contribution is 0.102. The van der Waals surface area contributed by atoms with E-state index in [0.717, 1.165) is 42.8 Å². The summed E-state index contributed by atoms with van der Waals surface area (Å²) in [6.45, 7) is 5.52. The quantitative estimate of drug-likeness (QED) is 0.528. The zero-order valence-corrected chi connectivity index (χ0v) is 17.9. The molecule has 5 rings (SSSR count). The predicted octanol–water partition coefficient (Wildman–Crippen LogP) is 2.99. The molecule has 0 aromatic carbocycles. The lowest BCUT2D eigenvalue weighted by Crippen LogP contribution is -2.44. The molecule has 0 aliphatic carbocycles. The summed E-state index contributed by atoms with van der Waals surface area (Å²) in [5.41, 5.74) is 1.22. The van der Waals surface area contributed by atoms with Gasteiger partial charge in [0.1, 0.15) is 17.3 Å². The predicted molar refractivity (Wildman–Crippen MR) is 122 cm³/mol. The molecular weight excluding hydrogens is 406 g/mol. The summed E-state index contributed by atoms with van der Waals surface area (Å²) in [5.74, 6) is 2.23. The van der Waals surface area contributed by atoms with E-state index in [1.165, 1.54) is 0 Å². The number of hydrogen-bond donors (Lipinski definition) is 1. The molecule has 1 aliphatic rings. The zero-order chi connectivity index (χ0) is 22.1. The fourth-order valence-corrected chi connectivity index (χ4v) is 3.68. The number of oxazole rings is 1. The van der Waals surface area contributed by atoms with Crippen LogP contribution in [0.5, 0.6) is 0 Å². The van der Waals surface area contributed by atoms with Crippen molar-refractivity contribution in [3.05, 3.63) is 60.5 Å². The first-order valence-corrected chi connectivity index (χ1v) is 10.4. The molecule has 9 heteroatoms. The van der Waals surface area contributed by atoms with Crippen LogP contribution in [0.1, 0.15) is 16.2 Å². The number of fused-ring (bicyclic) bond motifs is 1. The summed E-state index contributed by atoms with van der Waals surface area (Å²) in [6, 6.07) is 7.26.